The number of carbonyl (C=O) groups excluding carboxylic acids is 2. The molecular weight excluding hydrogens is 409 g/mol. The Morgan fingerprint density at radius 3 is 2.65 bits per heavy atom. The maximum absolute atomic E-state index is 13.7. The molecule has 0 aliphatic carbocycles. The minimum absolute atomic E-state index is 0.0399. The van der Waals surface area contributed by atoms with Crippen molar-refractivity contribution in [2.24, 2.45) is 0 Å². The molecule has 0 aliphatic rings. The van der Waals surface area contributed by atoms with E-state index in [9.17, 15) is 18.8 Å². The minimum atomic E-state index is -0.885. The van der Waals surface area contributed by atoms with Crippen LogP contribution >= 0.6 is 15.9 Å². The second kappa shape index (κ2) is 7.44. The highest BCUT2D eigenvalue weighted by atomic mass is 79.9. The number of anilines is 1. The number of H-pyrrole nitrogens is 1. The number of amides is 1. The highest BCUT2D eigenvalue weighted by Crippen LogP contribution is 2.19. The predicted molar refractivity (Wildman–Crippen MR) is 95.4 cm³/mol. The molecule has 1 aromatic heterocycles. The number of hydrogen-bond donors (Lipinski definition) is 2. The first kappa shape index (κ1) is 17.7. The fourth-order valence-electron chi connectivity index (χ4n) is 2.25. The van der Waals surface area contributed by atoms with Crippen molar-refractivity contribution in [3.63, 3.8) is 0 Å². The van der Waals surface area contributed by atoms with Crippen LogP contribution in [0.5, 0.6) is 0 Å². The van der Waals surface area contributed by atoms with Gasteiger partial charge in [-0.05, 0) is 24.3 Å². The summed E-state index contributed by atoms with van der Waals surface area (Å²) in [6, 6.07) is 10.5. The van der Waals surface area contributed by atoms with Crippen LogP contribution in [0, 0.1) is 5.82 Å². The first-order valence-electron chi connectivity index (χ1n) is 7.35. The molecule has 0 aliphatic heterocycles. The van der Waals surface area contributed by atoms with Crippen molar-refractivity contribution in [1.82, 2.24) is 10.2 Å². The first-order valence-corrected chi connectivity index (χ1v) is 8.14. The molecule has 7 nitrogen and oxygen atoms in total. The fourth-order valence-corrected chi connectivity index (χ4v) is 2.58. The van der Waals surface area contributed by atoms with E-state index in [-0.39, 0.29) is 16.8 Å². The van der Waals surface area contributed by atoms with Crippen LogP contribution < -0.4 is 10.9 Å². The molecular formula is C17H11BrFN3O4. The number of aromatic amines is 1. The zero-order chi connectivity index (χ0) is 18.7. The molecule has 0 bridgehead atoms. The molecule has 0 spiro atoms. The van der Waals surface area contributed by atoms with Gasteiger partial charge in [0.1, 0.15) is 5.82 Å². The summed E-state index contributed by atoms with van der Waals surface area (Å²) in [7, 11) is 0. The number of aromatic nitrogens is 2. The zero-order valence-corrected chi connectivity index (χ0v) is 14.7. The molecule has 26 heavy (non-hydrogen) atoms. The van der Waals surface area contributed by atoms with Crippen LogP contribution in [-0.4, -0.2) is 28.7 Å². The van der Waals surface area contributed by atoms with E-state index in [4.69, 9.17) is 4.74 Å². The first-order chi connectivity index (χ1) is 12.5. The van der Waals surface area contributed by atoms with Gasteiger partial charge in [0.2, 0.25) is 0 Å². The summed E-state index contributed by atoms with van der Waals surface area (Å²) in [5, 5.41) is 8.77. The third-order valence-corrected chi connectivity index (χ3v) is 3.92. The lowest BCUT2D eigenvalue weighted by atomic mass is 10.1. The lowest BCUT2D eigenvalue weighted by Gasteiger charge is -2.08. The lowest BCUT2D eigenvalue weighted by Crippen LogP contribution is -2.23. The van der Waals surface area contributed by atoms with Gasteiger partial charge in [-0.3, -0.25) is 9.59 Å². The summed E-state index contributed by atoms with van der Waals surface area (Å²) in [5.41, 5.74) is -0.606. The molecule has 1 heterocycles. The number of nitrogens with zero attached hydrogens (tertiary/aromatic N) is 1. The number of hydrogen-bond acceptors (Lipinski definition) is 5. The predicted octanol–water partition coefficient (Wildman–Crippen LogP) is 2.62. The summed E-state index contributed by atoms with van der Waals surface area (Å²) < 4.78 is 19.1. The number of rotatable bonds is 4. The zero-order valence-electron chi connectivity index (χ0n) is 13.1. The van der Waals surface area contributed by atoms with Crippen molar-refractivity contribution in [2.45, 2.75) is 0 Å². The van der Waals surface area contributed by atoms with Gasteiger partial charge < -0.3 is 10.1 Å². The summed E-state index contributed by atoms with van der Waals surface area (Å²) >= 11 is 3.11. The Morgan fingerprint density at radius 1 is 1.19 bits per heavy atom. The summed E-state index contributed by atoms with van der Waals surface area (Å²) in [5.74, 6) is -2.23. The van der Waals surface area contributed by atoms with E-state index in [2.05, 4.69) is 31.4 Å². The van der Waals surface area contributed by atoms with E-state index >= 15 is 0 Å². The SMILES string of the molecule is O=C(COC(=O)c1n[nH]c(=O)c2ccccc12)Nc1ccc(Br)cc1F. The topological polar surface area (TPSA) is 101 Å². The highest BCUT2D eigenvalue weighted by molar-refractivity contribution is 9.10. The third-order valence-electron chi connectivity index (χ3n) is 3.43. The maximum Gasteiger partial charge on any atom is 0.359 e. The molecule has 132 valence electrons. The van der Waals surface area contributed by atoms with Crippen molar-refractivity contribution in [2.75, 3.05) is 11.9 Å². The van der Waals surface area contributed by atoms with E-state index in [1.54, 1.807) is 24.3 Å². The molecule has 0 fully saturated rings. The van der Waals surface area contributed by atoms with Crippen LogP contribution in [0.4, 0.5) is 10.1 Å². The molecule has 0 radical (unpaired) electrons. The summed E-state index contributed by atoms with van der Waals surface area (Å²) in [6.45, 7) is -0.635. The maximum atomic E-state index is 13.7. The van der Waals surface area contributed by atoms with Gasteiger partial charge in [0.05, 0.1) is 11.1 Å². The smallest absolute Gasteiger partial charge is 0.359 e. The van der Waals surface area contributed by atoms with E-state index in [1.807, 2.05) is 0 Å². The summed E-state index contributed by atoms with van der Waals surface area (Å²) in [4.78, 5) is 35.7. The molecule has 3 aromatic rings. The van der Waals surface area contributed by atoms with Gasteiger partial charge in [0.15, 0.2) is 12.3 Å². The van der Waals surface area contributed by atoms with Crippen LogP contribution in [0.2, 0.25) is 0 Å². The van der Waals surface area contributed by atoms with E-state index in [0.29, 0.717) is 9.86 Å². The van der Waals surface area contributed by atoms with Gasteiger partial charge in [-0.1, -0.05) is 34.1 Å². The quantitative estimate of drug-likeness (QED) is 0.632. The van der Waals surface area contributed by atoms with Crippen molar-refractivity contribution in [3.8, 4) is 0 Å². The van der Waals surface area contributed by atoms with Crippen LogP contribution in [0.25, 0.3) is 10.8 Å². The van der Waals surface area contributed by atoms with Gasteiger partial charge in [0, 0.05) is 9.86 Å². The Morgan fingerprint density at radius 2 is 1.92 bits per heavy atom. The van der Waals surface area contributed by atoms with Crippen molar-refractivity contribution < 1.29 is 18.7 Å². The van der Waals surface area contributed by atoms with Crippen molar-refractivity contribution in [1.29, 1.82) is 0 Å². The number of benzene rings is 2. The number of carbonyl (C=O) groups is 2. The largest absolute Gasteiger partial charge is 0.451 e. The molecule has 0 unspecified atom stereocenters. The van der Waals surface area contributed by atoms with E-state index in [0.717, 1.165) is 0 Å². The second-order valence-corrected chi connectivity index (χ2v) is 6.11. The normalized spacial score (nSPS) is 10.5. The van der Waals surface area contributed by atoms with Crippen LogP contribution in [0.15, 0.2) is 51.7 Å². The number of fused-ring (bicyclic) bond motifs is 1. The molecule has 2 aromatic carbocycles. The van der Waals surface area contributed by atoms with Crippen LogP contribution in [-0.2, 0) is 9.53 Å². The Labute approximate surface area is 154 Å². The van der Waals surface area contributed by atoms with E-state index < -0.39 is 29.9 Å². The van der Waals surface area contributed by atoms with Gasteiger partial charge in [-0.15, -0.1) is 0 Å². The van der Waals surface area contributed by atoms with Gasteiger partial charge in [-0.2, -0.15) is 5.10 Å². The molecule has 0 saturated carbocycles. The average Bonchev–Trinajstić information content (AvgIpc) is 2.63. The Hall–Kier alpha value is -3.07. The molecule has 0 saturated heterocycles. The minimum Gasteiger partial charge on any atom is -0.451 e. The van der Waals surface area contributed by atoms with Gasteiger partial charge in [0.25, 0.3) is 11.5 Å². The average molecular weight is 420 g/mol. The number of ether oxygens (including phenoxy) is 1. The Kier molecular flexibility index (Phi) is 5.08. The fraction of sp³-hybridized carbons (Fsp3) is 0.0588. The third kappa shape index (κ3) is 3.77. The molecule has 3 rings (SSSR count). The van der Waals surface area contributed by atoms with Gasteiger partial charge in [-0.25, -0.2) is 14.3 Å². The Bertz CT molecular complexity index is 1070. The van der Waals surface area contributed by atoms with E-state index in [1.165, 1.54) is 18.2 Å². The molecule has 9 heteroatoms. The molecule has 0 atom stereocenters. The molecule has 2 N–H and O–H groups in total. The Balaban J connectivity index is 1.70. The van der Waals surface area contributed by atoms with Crippen molar-refractivity contribution >= 4 is 44.3 Å². The number of halogens is 2. The highest BCUT2D eigenvalue weighted by Gasteiger charge is 2.17. The standard InChI is InChI=1S/C17H11BrFN3O4/c18-9-5-6-13(12(19)7-9)20-14(23)8-26-17(25)15-10-3-1-2-4-11(10)16(24)22-21-15/h1-7H,8H2,(H,20,23)(H,22,24). The lowest BCUT2D eigenvalue weighted by molar-refractivity contribution is -0.119. The molecule has 1 amide bonds. The van der Waals surface area contributed by atoms with Crippen LogP contribution in [0.3, 0.4) is 0 Å². The van der Waals surface area contributed by atoms with Crippen LogP contribution in [0.1, 0.15) is 10.5 Å². The number of esters is 1. The number of nitrogens with one attached hydrogen (secondary N) is 2. The second-order valence-electron chi connectivity index (χ2n) is 5.20. The summed E-state index contributed by atoms with van der Waals surface area (Å²) in [6.07, 6.45) is 0. The van der Waals surface area contributed by atoms with Crippen molar-refractivity contribution in [3.05, 3.63) is 68.8 Å². The van der Waals surface area contributed by atoms with Gasteiger partial charge >= 0.3 is 5.97 Å². The monoisotopic (exact) mass is 419 g/mol.